The third-order valence-corrected chi connectivity index (χ3v) is 3.07. The van der Waals surface area contributed by atoms with Crippen LogP contribution in [0.5, 0.6) is 0 Å². The molecule has 3 nitrogen and oxygen atoms in total. The number of nitrogens with one attached hydrogen (secondary N) is 1. The van der Waals surface area contributed by atoms with Crippen molar-refractivity contribution in [3.8, 4) is 0 Å². The van der Waals surface area contributed by atoms with Crippen LogP contribution in [0.25, 0.3) is 0 Å². The molecule has 0 bridgehead atoms. The number of anilines is 2. The molecule has 4 N–H and O–H groups in total. The summed E-state index contributed by atoms with van der Waals surface area (Å²) in [6, 6.07) is 4.62. The van der Waals surface area contributed by atoms with Crippen molar-refractivity contribution >= 4 is 11.4 Å². The first-order chi connectivity index (χ1) is 7.65. The summed E-state index contributed by atoms with van der Waals surface area (Å²) in [5, 5.41) is 12.6. The number of nitrogen functional groups attached to an aromatic ring is 1. The number of rotatable bonds is 2. The largest absolute Gasteiger partial charge is 0.397 e. The van der Waals surface area contributed by atoms with Crippen molar-refractivity contribution in [2.45, 2.75) is 37.8 Å². The molecular weight excluding hydrogens is 207 g/mol. The van der Waals surface area contributed by atoms with Crippen LogP contribution in [0.2, 0.25) is 0 Å². The number of halogens is 1. The van der Waals surface area contributed by atoms with Gasteiger partial charge < -0.3 is 16.2 Å². The predicted molar refractivity (Wildman–Crippen MR) is 62.7 cm³/mol. The summed E-state index contributed by atoms with van der Waals surface area (Å²) in [6.45, 7) is 0. The summed E-state index contributed by atoms with van der Waals surface area (Å²) in [5.41, 5.74) is 6.97. The van der Waals surface area contributed by atoms with Gasteiger partial charge in [0.2, 0.25) is 0 Å². The summed E-state index contributed by atoms with van der Waals surface area (Å²) in [4.78, 5) is 0. The highest BCUT2D eigenvalue weighted by Crippen LogP contribution is 2.25. The summed E-state index contributed by atoms with van der Waals surface area (Å²) in [7, 11) is 0. The number of nitrogens with two attached hydrogens (primary N) is 1. The van der Waals surface area contributed by atoms with Crippen LogP contribution in [0.15, 0.2) is 18.2 Å². The molecule has 0 spiro atoms. The van der Waals surface area contributed by atoms with E-state index in [9.17, 15) is 9.50 Å². The highest BCUT2D eigenvalue weighted by molar-refractivity contribution is 5.66. The minimum Gasteiger partial charge on any atom is -0.397 e. The van der Waals surface area contributed by atoms with E-state index in [0.29, 0.717) is 11.4 Å². The molecule has 1 aliphatic carbocycles. The molecule has 88 valence electrons. The van der Waals surface area contributed by atoms with Gasteiger partial charge in [0.1, 0.15) is 5.82 Å². The average Bonchev–Trinajstić information content (AvgIpc) is 2.27. The Balaban J connectivity index is 2.00. The SMILES string of the molecule is Nc1ccc(F)cc1NC1CCC(O)CC1. The third kappa shape index (κ3) is 2.64. The van der Waals surface area contributed by atoms with Crippen LogP contribution in [0.1, 0.15) is 25.7 Å². The van der Waals surface area contributed by atoms with Crippen LogP contribution in [0.4, 0.5) is 15.8 Å². The van der Waals surface area contributed by atoms with Crippen molar-refractivity contribution in [3.05, 3.63) is 24.0 Å². The smallest absolute Gasteiger partial charge is 0.125 e. The maximum Gasteiger partial charge on any atom is 0.125 e. The van der Waals surface area contributed by atoms with Gasteiger partial charge >= 0.3 is 0 Å². The molecule has 1 aliphatic rings. The Morgan fingerprint density at radius 2 is 1.94 bits per heavy atom. The van der Waals surface area contributed by atoms with E-state index in [-0.39, 0.29) is 18.0 Å². The first kappa shape index (κ1) is 11.2. The van der Waals surface area contributed by atoms with E-state index in [0.717, 1.165) is 25.7 Å². The van der Waals surface area contributed by atoms with E-state index in [1.807, 2.05) is 0 Å². The van der Waals surface area contributed by atoms with Gasteiger partial charge in [-0.3, -0.25) is 0 Å². The Bertz CT molecular complexity index is 362. The molecule has 1 saturated carbocycles. The fourth-order valence-electron chi connectivity index (χ4n) is 2.09. The molecule has 1 fully saturated rings. The van der Waals surface area contributed by atoms with Gasteiger partial charge in [-0.05, 0) is 43.9 Å². The fourth-order valence-corrected chi connectivity index (χ4v) is 2.09. The summed E-state index contributed by atoms with van der Waals surface area (Å²) < 4.78 is 13.0. The Kier molecular flexibility index (Phi) is 3.29. The van der Waals surface area contributed by atoms with E-state index < -0.39 is 0 Å². The van der Waals surface area contributed by atoms with Gasteiger partial charge in [-0.25, -0.2) is 4.39 Å². The van der Waals surface area contributed by atoms with E-state index in [2.05, 4.69) is 5.32 Å². The topological polar surface area (TPSA) is 58.3 Å². The molecule has 0 amide bonds. The zero-order valence-corrected chi connectivity index (χ0v) is 9.12. The van der Waals surface area contributed by atoms with E-state index in [1.54, 1.807) is 6.07 Å². The summed E-state index contributed by atoms with van der Waals surface area (Å²) in [5.74, 6) is -0.285. The third-order valence-electron chi connectivity index (χ3n) is 3.07. The van der Waals surface area contributed by atoms with Gasteiger partial charge in [0.15, 0.2) is 0 Å². The molecule has 2 rings (SSSR count). The minimum absolute atomic E-state index is 0.178. The highest BCUT2D eigenvalue weighted by atomic mass is 19.1. The van der Waals surface area contributed by atoms with Crippen molar-refractivity contribution in [1.29, 1.82) is 0 Å². The fraction of sp³-hybridized carbons (Fsp3) is 0.500. The second kappa shape index (κ2) is 4.70. The molecule has 0 heterocycles. The van der Waals surface area contributed by atoms with Crippen molar-refractivity contribution in [2.24, 2.45) is 0 Å². The highest BCUT2D eigenvalue weighted by Gasteiger charge is 2.19. The van der Waals surface area contributed by atoms with Gasteiger partial charge in [-0.1, -0.05) is 0 Å². The first-order valence-electron chi connectivity index (χ1n) is 5.65. The molecular formula is C12H17FN2O. The maximum atomic E-state index is 13.0. The zero-order chi connectivity index (χ0) is 11.5. The summed E-state index contributed by atoms with van der Waals surface area (Å²) >= 11 is 0. The Morgan fingerprint density at radius 3 is 2.62 bits per heavy atom. The molecule has 1 aromatic carbocycles. The van der Waals surface area contributed by atoms with Crippen LogP contribution in [0.3, 0.4) is 0 Å². The van der Waals surface area contributed by atoms with Gasteiger partial charge in [-0.2, -0.15) is 0 Å². The zero-order valence-electron chi connectivity index (χ0n) is 9.12. The van der Waals surface area contributed by atoms with Gasteiger partial charge in [0, 0.05) is 6.04 Å². The lowest BCUT2D eigenvalue weighted by atomic mass is 9.93. The van der Waals surface area contributed by atoms with Gasteiger partial charge in [0.05, 0.1) is 17.5 Å². The monoisotopic (exact) mass is 224 g/mol. The second-order valence-electron chi connectivity index (χ2n) is 4.38. The van der Waals surface area contributed by atoms with Gasteiger partial charge in [-0.15, -0.1) is 0 Å². The quantitative estimate of drug-likeness (QED) is 0.674. The van der Waals surface area contributed by atoms with Crippen molar-refractivity contribution in [3.63, 3.8) is 0 Å². The van der Waals surface area contributed by atoms with Crippen molar-refractivity contribution in [2.75, 3.05) is 11.1 Å². The molecule has 0 aromatic heterocycles. The number of aliphatic hydroxyl groups is 1. The Morgan fingerprint density at radius 1 is 1.25 bits per heavy atom. The van der Waals surface area contributed by atoms with E-state index >= 15 is 0 Å². The molecule has 0 aliphatic heterocycles. The molecule has 0 saturated heterocycles. The normalized spacial score (nSPS) is 25.4. The number of hydrogen-bond donors (Lipinski definition) is 3. The lowest BCUT2D eigenvalue weighted by molar-refractivity contribution is 0.126. The van der Waals surface area contributed by atoms with E-state index in [1.165, 1.54) is 12.1 Å². The molecule has 1 aromatic rings. The van der Waals surface area contributed by atoms with E-state index in [4.69, 9.17) is 5.73 Å². The van der Waals surface area contributed by atoms with Crippen LogP contribution in [0, 0.1) is 5.82 Å². The Hall–Kier alpha value is -1.29. The molecule has 16 heavy (non-hydrogen) atoms. The second-order valence-corrected chi connectivity index (χ2v) is 4.38. The number of hydrogen-bond acceptors (Lipinski definition) is 3. The molecule has 4 heteroatoms. The predicted octanol–water partition coefficient (Wildman–Crippen LogP) is 2.12. The minimum atomic E-state index is -0.285. The first-order valence-corrected chi connectivity index (χ1v) is 5.65. The van der Waals surface area contributed by atoms with Crippen LogP contribution >= 0.6 is 0 Å². The lowest BCUT2D eigenvalue weighted by Gasteiger charge is -2.27. The molecule has 0 radical (unpaired) electrons. The molecule has 0 atom stereocenters. The number of aliphatic hydroxyl groups excluding tert-OH is 1. The average molecular weight is 224 g/mol. The van der Waals surface area contributed by atoms with Crippen LogP contribution in [-0.4, -0.2) is 17.3 Å². The van der Waals surface area contributed by atoms with Crippen molar-refractivity contribution in [1.82, 2.24) is 0 Å². The number of benzene rings is 1. The Labute approximate surface area is 94.5 Å². The van der Waals surface area contributed by atoms with Crippen molar-refractivity contribution < 1.29 is 9.50 Å². The maximum absolute atomic E-state index is 13.0. The lowest BCUT2D eigenvalue weighted by Crippen LogP contribution is -2.28. The van der Waals surface area contributed by atoms with Crippen LogP contribution < -0.4 is 11.1 Å². The van der Waals surface area contributed by atoms with Gasteiger partial charge in [0.25, 0.3) is 0 Å². The summed E-state index contributed by atoms with van der Waals surface area (Å²) in [6.07, 6.45) is 3.22. The standard InChI is InChI=1S/C12H17FN2O/c13-8-1-6-11(14)12(7-8)15-9-2-4-10(16)5-3-9/h1,6-7,9-10,15-16H,2-5,14H2. The van der Waals surface area contributed by atoms with Crippen LogP contribution in [-0.2, 0) is 0 Å². The molecule has 0 unspecified atom stereocenters.